The van der Waals surface area contributed by atoms with Crippen molar-refractivity contribution in [3.8, 4) is 0 Å². The van der Waals surface area contributed by atoms with Gasteiger partial charge in [0.1, 0.15) is 0 Å². The predicted octanol–water partition coefficient (Wildman–Crippen LogP) is -0.421. The lowest BCUT2D eigenvalue weighted by molar-refractivity contribution is -0.132. The molecule has 0 radical (unpaired) electrons. The van der Waals surface area contributed by atoms with Crippen molar-refractivity contribution in [3.63, 3.8) is 0 Å². The third-order valence-electron chi connectivity index (χ3n) is 2.97. The van der Waals surface area contributed by atoms with E-state index in [4.69, 9.17) is 5.73 Å². The highest BCUT2D eigenvalue weighted by Crippen LogP contribution is 2.28. The summed E-state index contributed by atoms with van der Waals surface area (Å²) in [6.07, 6.45) is 0. The molecule has 90 valence electrons. The van der Waals surface area contributed by atoms with Crippen LogP contribution in [0, 0.1) is 5.41 Å². The zero-order valence-electron chi connectivity index (χ0n) is 10.0. The highest BCUT2D eigenvalue weighted by atomic mass is 16.2. The molecular weight excluding hydrogens is 208 g/mol. The summed E-state index contributed by atoms with van der Waals surface area (Å²) in [5.74, 6) is 0.309. The first-order valence-corrected chi connectivity index (χ1v) is 5.04. The molecule has 1 rings (SSSR count). The SMILES string of the molecule is CC(C)(N)C(C)(C)C(=O)NCc1nn[nH]n1. The first-order chi connectivity index (χ1) is 7.25. The van der Waals surface area contributed by atoms with Crippen LogP contribution >= 0.6 is 0 Å². The zero-order chi connectivity index (χ0) is 12.4. The van der Waals surface area contributed by atoms with Gasteiger partial charge in [0.25, 0.3) is 0 Å². The summed E-state index contributed by atoms with van der Waals surface area (Å²) in [5.41, 5.74) is 4.68. The summed E-state index contributed by atoms with van der Waals surface area (Å²) < 4.78 is 0. The maximum Gasteiger partial charge on any atom is 0.227 e. The Morgan fingerprint density at radius 2 is 2.06 bits per heavy atom. The fraction of sp³-hybridized carbons (Fsp3) is 0.778. The third kappa shape index (κ3) is 2.54. The van der Waals surface area contributed by atoms with E-state index >= 15 is 0 Å². The van der Waals surface area contributed by atoms with Gasteiger partial charge in [0.2, 0.25) is 5.91 Å². The molecule has 0 aromatic carbocycles. The Labute approximate surface area is 94.2 Å². The molecule has 1 aromatic heterocycles. The number of tetrazole rings is 1. The molecule has 7 heteroatoms. The smallest absolute Gasteiger partial charge is 0.227 e. The summed E-state index contributed by atoms with van der Waals surface area (Å²) in [6, 6.07) is 0. The van der Waals surface area contributed by atoms with Crippen LogP contribution in [0.15, 0.2) is 0 Å². The minimum Gasteiger partial charge on any atom is -0.348 e. The molecule has 7 nitrogen and oxygen atoms in total. The molecule has 0 bridgehead atoms. The van der Waals surface area contributed by atoms with Gasteiger partial charge in [-0.3, -0.25) is 4.79 Å². The number of nitrogens with one attached hydrogen (secondary N) is 2. The molecule has 0 aliphatic carbocycles. The number of nitrogens with zero attached hydrogens (tertiary/aromatic N) is 3. The van der Waals surface area contributed by atoms with E-state index in [1.165, 1.54) is 0 Å². The van der Waals surface area contributed by atoms with E-state index in [2.05, 4.69) is 25.9 Å². The second-order valence-electron chi connectivity index (χ2n) is 4.86. The van der Waals surface area contributed by atoms with Gasteiger partial charge >= 0.3 is 0 Å². The average Bonchev–Trinajstić information content (AvgIpc) is 2.64. The van der Waals surface area contributed by atoms with Crippen molar-refractivity contribution < 1.29 is 4.79 Å². The van der Waals surface area contributed by atoms with Gasteiger partial charge in [0, 0.05) is 5.54 Å². The Kier molecular flexibility index (Phi) is 3.27. The standard InChI is InChI=1S/C9H18N6O/c1-8(2,9(3,4)10)7(16)11-5-6-12-14-15-13-6/h5,10H2,1-4H3,(H,11,16)(H,12,13,14,15). The van der Waals surface area contributed by atoms with Crippen LogP contribution in [0.2, 0.25) is 0 Å². The summed E-state index contributed by atoms with van der Waals surface area (Å²) in [4.78, 5) is 11.9. The molecule has 0 fully saturated rings. The average molecular weight is 226 g/mol. The van der Waals surface area contributed by atoms with Crippen LogP contribution in [-0.2, 0) is 11.3 Å². The largest absolute Gasteiger partial charge is 0.348 e. The minimum atomic E-state index is -0.670. The van der Waals surface area contributed by atoms with Crippen molar-refractivity contribution >= 4 is 5.91 Å². The lowest BCUT2D eigenvalue weighted by Gasteiger charge is -2.36. The second-order valence-corrected chi connectivity index (χ2v) is 4.86. The van der Waals surface area contributed by atoms with Gasteiger partial charge in [-0.2, -0.15) is 5.21 Å². The van der Waals surface area contributed by atoms with Gasteiger partial charge in [-0.15, -0.1) is 10.2 Å². The fourth-order valence-corrected chi connectivity index (χ4v) is 0.930. The summed E-state index contributed by atoms with van der Waals surface area (Å²) in [5, 5.41) is 15.9. The topological polar surface area (TPSA) is 110 Å². The lowest BCUT2D eigenvalue weighted by Crippen LogP contribution is -2.55. The van der Waals surface area contributed by atoms with Crippen LogP contribution in [0.3, 0.4) is 0 Å². The quantitative estimate of drug-likeness (QED) is 0.646. The molecule has 0 aliphatic rings. The zero-order valence-corrected chi connectivity index (χ0v) is 10.0. The van der Waals surface area contributed by atoms with E-state index < -0.39 is 11.0 Å². The Bertz CT molecular complexity index is 351. The van der Waals surface area contributed by atoms with Crippen LogP contribution in [0.25, 0.3) is 0 Å². The van der Waals surface area contributed by atoms with Crippen LogP contribution in [-0.4, -0.2) is 32.1 Å². The summed E-state index contributed by atoms with van der Waals surface area (Å²) >= 11 is 0. The van der Waals surface area contributed by atoms with Crippen LogP contribution < -0.4 is 11.1 Å². The maximum absolute atomic E-state index is 11.9. The molecular formula is C9H18N6O. The summed E-state index contributed by atoms with van der Waals surface area (Å²) in [7, 11) is 0. The molecule has 0 saturated heterocycles. The highest BCUT2D eigenvalue weighted by Gasteiger charge is 2.40. The van der Waals surface area contributed by atoms with E-state index in [1.54, 1.807) is 13.8 Å². The molecule has 1 heterocycles. The van der Waals surface area contributed by atoms with E-state index in [9.17, 15) is 4.79 Å². The van der Waals surface area contributed by atoms with E-state index in [1.807, 2.05) is 13.8 Å². The van der Waals surface area contributed by atoms with Crippen molar-refractivity contribution in [1.29, 1.82) is 0 Å². The maximum atomic E-state index is 11.9. The van der Waals surface area contributed by atoms with E-state index in [-0.39, 0.29) is 12.5 Å². The highest BCUT2D eigenvalue weighted by molar-refractivity contribution is 5.83. The Balaban J connectivity index is 2.59. The minimum absolute atomic E-state index is 0.134. The number of hydrogen-bond acceptors (Lipinski definition) is 5. The molecule has 0 aliphatic heterocycles. The second kappa shape index (κ2) is 4.17. The van der Waals surface area contributed by atoms with Gasteiger partial charge < -0.3 is 11.1 Å². The van der Waals surface area contributed by atoms with Crippen LogP contribution in [0.5, 0.6) is 0 Å². The first-order valence-electron chi connectivity index (χ1n) is 5.04. The number of nitrogens with two attached hydrogens (primary N) is 1. The molecule has 1 aromatic rings. The van der Waals surface area contributed by atoms with Crippen molar-refractivity contribution in [3.05, 3.63) is 5.82 Å². The normalized spacial score (nSPS) is 12.6. The van der Waals surface area contributed by atoms with Crippen molar-refractivity contribution in [2.24, 2.45) is 11.1 Å². The lowest BCUT2D eigenvalue weighted by atomic mass is 9.74. The van der Waals surface area contributed by atoms with Gasteiger partial charge in [0.15, 0.2) is 5.82 Å². The Morgan fingerprint density at radius 3 is 2.50 bits per heavy atom. The Morgan fingerprint density at radius 1 is 1.44 bits per heavy atom. The van der Waals surface area contributed by atoms with Gasteiger partial charge in [-0.1, -0.05) is 5.21 Å². The third-order valence-corrected chi connectivity index (χ3v) is 2.97. The van der Waals surface area contributed by atoms with Crippen molar-refractivity contribution in [2.75, 3.05) is 0 Å². The van der Waals surface area contributed by atoms with E-state index in [0.717, 1.165) is 0 Å². The fourth-order valence-electron chi connectivity index (χ4n) is 0.930. The molecule has 4 N–H and O–H groups in total. The monoisotopic (exact) mass is 226 g/mol. The van der Waals surface area contributed by atoms with Gasteiger partial charge in [-0.05, 0) is 27.7 Å². The number of rotatable bonds is 4. The van der Waals surface area contributed by atoms with Crippen LogP contribution in [0.4, 0.5) is 0 Å². The number of aromatic nitrogens is 4. The number of carbonyl (C=O) groups is 1. The molecule has 0 saturated carbocycles. The Hall–Kier alpha value is -1.50. The molecule has 16 heavy (non-hydrogen) atoms. The van der Waals surface area contributed by atoms with Crippen molar-refractivity contribution in [2.45, 2.75) is 39.8 Å². The number of amides is 1. The van der Waals surface area contributed by atoms with Gasteiger partial charge in [0.05, 0.1) is 12.0 Å². The number of aromatic amines is 1. The van der Waals surface area contributed by atoms with Crippen molar-refractivity contribution in [1.82, 2.24) is 25.9 Å². The number of hydrogen-bond donors (Lipinski definition) is 3. The summed E-state index contributed by atoms with van der Waals surface area (Å²) in [6.45, 7) is 7.49. The first kappa shape index (κ1) is 12.6. The van der Waals surface area contributed by atoms with Crippen LogP contribution in [0.1, 0.15) is 33.5 Å². The molecule has 0 atom stereocenters. The predicted molar refractivity (Wildman–Crippen MR) is 58.1 cm³/mol. The molecule has 0 spiro atoms. The molecule has 0 unspecified atom stereocenters. The number of carbonyl (C=O) groups excluding carboxylic acids is 1. The number of H-pyrrole nitrogens is 1. The van der Waals surface area contributed by atoms with Gasteiger partial charge in [-0.25, -0.2) is 0 Å². The van der Waals surface area contributed by atoms with E-state index in [0.29, 0.717) is 5.82 Å². The molecule has 1 amide bonds.